The van der Waals surface area contributed by atoms with Gasteiger partial charge in [0.15, 0.2) is 0 Å². The SMILES string of the molecule is CCn1nc(C)cc1C(=O)Nc1nc2cc(C(N)=O)cc(OCCCOC)c2n1CC(C)(F)F. The van der Waals surface area contributed by atoms with Gasteiger partial charge in [-0.05, 0) is 32.0 Å². The van der Waals surface area contributed by atoms with E-state index in [4.69, 9.17) is 15.2 Å². The number of ether oxygens (including phenoxy) is 2. The number of halogens is 2. The monoisotopic (exact) mass is 478 g/mol. The number of methoxy groups -OCH3 is 1. The Morgan fingerprint density at radius 1 is 1.24 bits per heavy atom. The minimum Gasteiger partial charge on any atom is -0.491 e. The second-order valence-electron chi connectivity index (χ2n) is 7.93. The van der Waals surface area contributed by atoms with Crippen molar-refractivity contribution >= 4 is 28.8 Å². The first kappa shape index (κ1) is 25.1. The molecule has 1 aromatic carbocycles. The molecule has 0 aliphatic heterocycles. The number of fused-ring (bicyclic) bond motifs is 1. The standard InChI is InChI=1S/C22H28F2N6O4/c1-5-30-16(9-13(2)28-30)20(32)27-21-26-15-10-14(19(25)31)11-17(34-8-6-7-33-4)18(15)29(21)12-22(3,23)24/h9-11H,5-8,12H2,1-4H3,(H2,25,31)(H,26,27,32). The molecule has 0 saturated carbocycles. The summed E-state index contributed by atoms with van der Waals surface area (Å²) in [7, 11) is 1.55. The van der Waals surface area contributed by atoms with E-state index >= 15 is 0 Å². The molecule has 2 heterocycles. The van der Waals surface area contributed by atoms with Crippen LogP contribution in [0.4, 0.5) is 14.7 Å². The lowest BCUT2D eigenvalue weighted by atomic mass is 10.1. The summed E-state index contributed by atoms with van der Waals surface area (Å²) in [6, 6.07) is 4.35. The average molecular weight is 479 g/mol. The van der Waals surface area contributed by atoms with Gasteiger partial charge in [-0.3, -0.25) is 19.6 Å². The number of amides is 2. The van der Waals surface area contributed by atoms with Crippen LogP contribution in [0.2, 0.25) is 0 Å². The number of benzene rings is 1. The third-order valence-corrected chi connectivity index (χ3v) is 4.94. The number of aromatic nitrogens is 4. The molecule has 0 aliphatic rings. The van der Waals surface area contributed by atoms with Crippen molar-refractivity contribution in [2.24, 2.45) is 5.73 Å². The topological polar surface area (TPSA) is 126 Å². The highest BCUT2D eigenvalue weighted by Gasteiger charge is 2.28. The van der Waals surface area contributed by atoms with Gasteiger partial charge in [0.1, 0.15) is 17.0 Å². The van der Waals surface area contributed by atoms with E-state index in [0.717, 1.165) is 6.92 Å². The number of nitrogens with two attached hydrogens (primary N) is 1. The first-order chi connectivity index (χ1) is 16.0. The Kier molecular flexibility index (Phi) is 7.50. The number of hydrogen-bond donors (Lipinski definition) is 2. The van der Waals surface area contributed by atoms with Gasteiger partial charge >= 0.3 is 0 Å². The van der Waals surface area contributed by atoms with Crippen LogP contribution in [0.3, 0.4) is 0 Å². The van der Waals surface area contributed by atoms with Gasteiger partial charge in [-0.1, -0.05) is 0 Å². The summed E-state index contributed by atoms with van der Waals surface area (Å²) in [5, 5.41) is 6.84. The summed E-state index contributed by atoms with van der Waals surface area (Å²) in [6.45, 7) is 4.63. The molecule has 0 spiro atoms. The lowest BCUT2D eigenvalue weighted by Crippen LogP contribution is -2.24. The predicted molar refractivity (Wildman–Crippen MR) is 121 cm³/mol. The zero-order valence-electron chi connectivity index (χ0n) is 19.5. The van der Waals surface area contributed by atoms with Crippen LogP contribution < -0.4 is 15.8 Å². The third kappa shape index (κ3) is 5.68. The second kappa shape index (κ2) is 10.2. The molecule has 0 bridgehead atoms. The molecule has 0 saturated heterocycles. The molecule has 34 heavy (non-hydrogen) atoms. The predicted octanol–water partition coefficient (Wildman–Crippen LogP) is 2.98. The van der Waals surface area contributed by atoms with Crippen molar-refractivity contribution in [1.82, 2.24) is 19.3 Å². The normalized spacial score (nSPS) is 11.7. The number of carbonyl (C=O) groups is 2. The number of carbonyl (C=O) groups excluding carboxylic acids is 2. The maximum atomic E-state index is 14.2. The highest BCUT2D eigenvalue weighted by atomic mass is 19.3. The van der Waals surface area contributed by atoms with Gasteiger partial charge < -0.3 is 19.8 Å². The van der Waals surface area contributed by atoms with Crippen LogP contribution in [0.5, 0.6) is 5.75 Å². The Balaban J connectivity index is 2.11. The van der Waals surface area contributed by atoms with Crippen molar-refractivity contribution in [3.63, 3.8) is 0 Å². The number of imidazole rings is 1. The van der Waals surface area contributed by atoms with E-state index in [0.29, 0.717) is 25.3 Å². The molecule has 0 unspecified atom stereocenters. The minimum absolute atomic E-state index is 0.0970. The number of aryl methyl sites for hydroxylation is 2. The zero-order chi connectivity index (χ0) is 25.0. The number of nitrogens with one attached hydrogen (secondary N) is 1. The third-order valence-electron chi connectivity index (χ3n) is 4.94. The Hall–Kier alpha value is -3.54. The molecule has 2 aromatic heterocycles. The van der Waals surface area contributed by atoms with Crippen LogP contribution >= 0.6 is 0 Å². The van der Waals surface area contributed by atoms with E-state index in [2.05, 4.69) is 15.4 Å². The van der Waals surface area contributed by atoms with Gasteiger partial charge in [-0.15, -0.1) is 0 Å². The van der Waals surface area contributed by atoms with Gasteiger partial charge in [0.25, 0.3) is 11.8 Å². The summed E-state index contributed by atoms with van der Waals surface area (Å²) in [5.41, 5.74) is 6.82. The Morgan fingerprint density at radius 3 is 2.59 bits per heavy atom. The Labute approximate surface area is 195 Å². The van der Waals surface area contributed by atoms with Gasteiger partial charge in [0.2, 0.25) is 11.9 Å². The second-order valence-corrected chi connectivity index (χ2v) is 7.93. The van der Waals surface area contributed by atoms with Gasteiger partial charge in [-0.2, -0.15) is 5.10 Å². The highest BCUT2D eigenvalue weighted by molar-refractivity contribution is 6.04. The fraction of sp³-hybridized carbons (Fsp3) is 0.455. The van der Waals surface area contributed by atoms with Crippen molar-refractivity contribution < 1.29 is 27.8 Å². The molecule has 0 aliphatic carbocycles. The van der Waals surface area contributed by atoms with E-state index in [-0.39, 0.29) is 40.6 Å². The van der Waals surface area contributed by atoms with E-state index in [1.165, 1.54) is 21.4 Å². The molecule has 3 aromatic rings. The highest BCUT2D eigenvalue weighted by Crippen LogP contribution is 2.33. The summed E-state index contributed by atoms with van der Waals surface area (Å²) in [4.78, 5) is 29.1. The minimum atomic E-state index is -3.13. The molecule has 3 rings (SSSR count). The molecule has 184 valence electrons. The molecule has 0 fully saturated rings. The van der Waals surface area contributed by atoms with Crippen molar-refractivity contribution in [2.75, 3.05) is 25.6 Å². The van der Waals surface area contributed by atoms with E-state index < -0.39 is 24.3 Å². The Bertz CT molecular complexity index is 1200. The first-order valence-corrected chi connectivity index (χ1v) is 10.7. The Morgan fingerprint density at radius 2 is 1.97 bits per heavy atom. The van der Waals surface area contributed by atoms with Crippen LogP contribution in [0.25, 0.3) is 11.0 Å². The summed E-state index contributed by atoms with van der Waals surface area (Å²) in [6.07, 6.45) is 0.529. The maximum absolute atomic E-state index is 14.2. The smallest absolute Gasteiger partial charge is 0.276 e. The fourth-order valence-electron chi connectivity index (χ4n) is 3.53. The van der Waals surface area contributed by atoms with E-state index in [1.807, 2.05) is 6.92 Å². The zero-order valence-corrected chi connectivity index (χ0v) is 19.5. The van der Waals surface area contributed by atoms with Crippen molar-refractivity contribution in [3.05, 3.63) is 35.2 Å². The molecular weight excluding hydrogens is 450 g/mol. The van der Waals surface area contributed by atoms with Crippen LogP contribution in [0, 0.1) is 6.92 Å². The molecule has 2 amide bonds. The summed E-state index contributed by atoms with van der Waals surface area (Å²) < 4.78 is 41.8. The van der Waals surface area contributed by atoms with Gasteiger partial charge in [0, 0.05) is 39.2 Å². The van der Waals surface area contributed by atoms with Crippen molar-refractivity contribution in [1.29, 1.82) is 0 Å². The van der Waals surface area contributed by atoms with E-state index in [1.54, 1.807) is 20.1 Å². The number of hydrogen-bond acceptors (Lipinski definition) is 6. The number of alkyl halides is 2. The quantitative estimate of drug-likeness (QED) is 0.408. The number of primary amides is 1. The van der Waals surface area contributed by atoms with Crippen LogP contribution in [-0.4, -0.2) is 57.4 Å². The number of anilines is 1. The number of nitrogens with zero attached hydrogens (tertiary/aromatic N) is 4. The average Bonchev–Trinajstić information content (AvgIpc) is 3.30. The molecular formula is C22H28F2N6O4. The molecule has 0 atom stereocenters. The molecule has 0 radical (unpaired) electrons. The summed E-state index contributed by atoms with van der Waals surface area (Å²) in [5.74, 6) is -4.39. The van der Waals surface area contributed by atoms with Crippen molar-refractivity contribution in [3.8, 4) is 5.75 Å². The largest absolute Gasteiger partial charge is 0.491 e. The first-order valence-electron chi connectivity index (χ1n) is 10.7. The molecule has 3 N–H and O–H groups in total. The fourth-order valence-corrected chi connectivity index (χ4v) is 3.53. The lowest BCUT2D eigenvalue weighted by molar-refractivity contribution is 0.00534. The molecule has 12 heteroatoms. The van der Waals surface area contributed by atoms with Crippen LogP contribution in [0.1, 0.15) is 46.8 Å². The number of rotatable bonds is 11. The van der Waals surface area contributed by atoms with Crippen LogP contribution in [0.15, 0.2) is 18.2 Å². The lowest BCUT2D eigenvalue weighted by Gasteiger charge is -2.17. The summed E-state index contributed by atoms with van der Waals surface area (Å²) >= 11 is 0. The maximum Gasteiger partial charge on any atom is 0.276 e. The van der Waals surface area contributed by atoms with Gasteiger partial charge in [0.05, 0.1) is 24.4 Å². The molecule has 10 nitrogen and oxygen atoms in total. The van der Waals surface area contributed by atoms with Gasteiger partial charge in [-0.25, -0.2) is 13.8 Å². The van der Waals surface area contributed by atoms with E-state index in [9.17, 15) is 18.4 Å². The van der Waals surface area contributed by atoms with Crippen LogP contribution in [-0.2, 0) is 17.8 Å². The van der Waals surface area contributed by atoms with Crippen molar-refractivity contribution in [2.45, 2.75) is 46.2 Å².